The maximum Gasteiger partial charge on any atom is 0.248 e. The van der Waals surface area contributed by atoms with Gasteiger partial charge in [0.1, 0.15) is 6.10 Å². The number of carbonyl (C=O) groups excluding carboxylic acids is 1. The van der Waals surface area contributed by atoms with Crippen molar-refractivity contribution >= 4 is 17.5 Å². The summed E-state index contributed by atoms with van der Waals surface area (Å²) in [7, 11) is 0. The Bertz CT molecular complexity index is 491. The summed E-state index contributed by atoms with van der Waals surface area (Å²) in [5.41, 5.74) is 0.939. The minimum absolute atomic E-state index is 0.129. The molecule has 23 heavy (non-hydrogen) atoms. The summed E-state index contributed by atoms with van der Waals surface area (Å²) < 4.78 is 16.5. The van der Waals surface area contributed by atoms with Gasteiger partial charge in [0.05, 0.1) is 25.9 Å². The van der Waals surface area contributed by atoms with Crippen molar-refractivity contribution in [3.8, 4) is 0 Å². The molecular formula is C17H24ClNO4. The van der Waals surface area contributed by atoms with Crippen molar-refractivity contribution in [1.82, 2.24) is 5.32 Å². The normalized spacial score (nSPS) is 18.8. The smallest absolute Gasteiger partial charge is 0.248 e. The van der Waals surface area contributed by atoms with Gasteiger partial charge < -0.3 is 19.5 Å². The molecule has 1 aromatic rings. The molecule has 1 aliphatic rings. The lowest BCUT2D eigenvalue weighted by Gasteiger charge is -2.16. The van der Waals surface area contributed by atoms with E-state index < -0.39 is 6.10 Å². The minimum atomic E-state index is -0.484. The number of benzene rings is 1. The molecule has 0 unspecified atom stereocenters. The van der Waals surface area contributed by atoms with E-state index in [1.54, 1.807) is 6.92 Å². The Hall–Kier alpha value is -1.14. The fourth-order valence-electron chi connectivity index (χ4n) is 2.29. The monoisotopic (exact) mass is 341 g/mol. The first-order chi connectivity index (χ1) is 11.2. The quantitative estimate of drug-likeness (QED) is 0.701. The number of ether oxygens (including phenoxy) is 3. The van der Waals surface area contributed by atoms with Crippen LogP contribution in [0.2, 0.25) is 5.02 Å². The predicted octanol–water partition coefficient (Wildman–Crippen LogP) is 2.56. The molecular weight excluding hydrogens is 318 g/mol. The Kier molecular flexibility index (Phi) is 7.82. The van der Waals surface area contributed by atoms with Crippen LogP contribution in [0, 0.1) is 0 Å². The first-order valence-corrected chi connectivity index (χ1v) is 8.36. The predicted molar refractivity (Wildman–Crippen MR) is 88.5 cm³/mol. The molecule has 128 valence electrons. The van der Waals surface area contributed by atoms with Gasteiger partial charge in [0.25, 0.3) is 0 Å². The summed E-state index contributed by atoms with van der Waals surface area (Å²) in [4.78, 5) is 11.9. The molecule has 1 N–H and O–H groups in total. The van der Waals surface area contributed by atoms with Crippen LogP contribution in [0.5, 0.6) is 0 Å². The molecule has 1 amide bonds. The first kappa shape index (κ1) is 18.2. The summed E-state index contributed by atoms with van der Waals surface area (Å²) in [5.74, 6) is -0.135. The third kappa shape index (κ3) is 6.47. The average molecular weight is 342 g/mol. The van der Waals surface area contributed by atoms with Gasteiger partial charge >= 0.3 is 0 Å². The van der Waals surface area contributed by atoms with E-state index >= 15 is 0 Å². The van der Waals surface area contributed by atoms with Gasteiger partial charge in [-0.15, -0.1) is 0 Å². The number of halogens is 1. The minimum Gasteiger partial charge on any atom is -0.376 e. The van der Waals surface area contributed by atoms with Gasteiger partial charge in [0.2, 0.25) is 5.91 Å². The molecule has 1 fully saturated rings. The molecule has 0 radical (unpaired) electrons. The topological polar surface area (TPSA) is 56.8 Å². The zero-order chi connectivity index (χ0) is 16.5. The van der Waals surface area contributed by atoms with Crippen LogP contribution in [0.1, 0.15) is 25.3 Å². The Balaban J connectivity index is 1.54. The van der Waals surface area contributed by atoms with E-state index in [1.165, 1.54) is 0 Å². The summed E-state index contributed by atoms with van der Waals surface area (Å²) in [6, 6.07) is 7.54. The second-order valence-electron chi connectivity index (χ2n) is 5.55. The second kappa shape index (κ2) is 9.88. The summed E-state index contributed by atoms with van der Waals surface area (Å²) >= 11 is 6.04. The Labute approximate surface area is 142 Å². The van der Waals surface area contributed by atoms with Crippen LogP contribution in [0.3, 0.4) is 0 Å². The molecule has 1 saturated heterocycles. The van der Waals surface area contributed by atoms with Crippen LogP contribution in [-0.4, -0.2) is 44.5 Å². The SMILES string of the molecule is C[C@@H](OC[C@@H]1CCCO1)C(=O)NCCOCc1ccccc1Cl. The lowest BCUT2D eigenvalue weighted by Crippen LogP contribution is -2.37. The van der Waals surface area contributed by atoms with E-state index in [9.17, 15) is 4.79 Å². The molecule has 1 aromatic carbocycles. The van der Waals surface area contributed by atoms with Crippen molar-refractivity contribution in [2.75, 3.05) is 26.4 Å². The lowest BCUT2D eigenvalue weighted by atomic mass is 10.2. The average Bonchev–Trinajstić information content (AvgIpc) is 3.07. The van der Waals surface area contributed by atoms with E-state index in [0.29, 0.717) is 31.4 Å². The second-order valence-corrected chi connectivity index (χ2v) is 5.95. The van der Waals surface area contributed by atoms with Crippen LogP contribution in [0.25, 0.3) is 0 Å². The Morgan fingerprint density at radius 1 is 1.48 bits per heavy atom. The number of hydrogen-bond donors (Lipinski definition) is 1. The van der Waals surface area contributed by atoms with Crippen molar-refractivity contribution in [3.05, 3.63) is 34.9 Å². The molecule has 2 rings (SSSR count). The molecule has 0 spiro atoms. The molecule has 2 atom stereocenters. The van der Waals surface area contributed by atoms with Gasteiger partial charge in [-0.25, -0.2) is 0 Å². The first-order valence-electron chi connectivity index (χ1n) is 7.99. The van der Waals surface area contributed by atoms with Crippen molar-refractivity contribution in [2.45, 2.75) is 38.6 Å². The van der Waals surface area contributed by atoms with Crippen molar-refractivity contribution in [1.29, 1.82) is 0 Å². The molecule has 1 heterocycles. The maximum absolute atomic E-state index is 11.9. The van der Waals surface area contributed by atoms with Gasteiger partial charge in [-0.3, -0.25) is 4.79 Å². The van der Waals surface area contributed by atoms with E-state index in [2.05, 4.69) is 5.32 Å². The van der Waals surface area contributed by atoms with Gasteiger partial charge in [0, 0.05) is 18.2 Å². The molecule has 0 aromatic heterocycles. The lowest BCUT2D eigenvalue weighted by molar-refractivity contribution is -0.134. The highest BCUT2D eigenvalue weighted by molar-refractivity contribution is 6.31. The van der Waals surface area contributed by atoms with Crippen LogP contribution >= 0.6 is 11.6 Å². The highest BCUT2D eigenvalue weighted by atomic mass is 35.5. The van der Waals surface area contributed by atoms with Crippen molar-refractivity contribution in [3.63, 3.8) is 0 Å². The molecule has 5 nitrogen and oxygen atoms in total. The van der Waals surface area contributed by atoms with Crippen LogP contribution in [-0.2, 0) is 25.6 Å². The standard InChI is InChI=1S/C17H24ClNO4/c1-13(23-12-15-6-4-9-22-15)17(20)19-8-10-21-11-14-5-2-3-7-16(14)18/h2-3,5,7,13,15H,4,6,8-12H2,1H3,(H,19,20)/t13-,15+/m1/s1. The van der Waals surface area contributed by atoms with E-state index in [4.69, 9.17) is 25.8 Å². The molecule has 1 aliphatic heterocycles. The third-order valence-corrected chi connectivity index (χ3v) is 4.06. The number of hydrogen-bond acceptors (Lipinski definition) is 4. The summed E-state index contributed by atoms with van der Waals surface area (Å²) in [5, 5.41) is 3.48. The van der Waals surface area contributed by atoms with Crippen molar-refractivity contribution < 1.29 is 19.0 Å². The molecule has 0 bridgehead atoms. The van der Waals surface area contributed by atoms with Gasteiger partial charge in [-0.1, -0.05) is 29.8 Å². The fourth-order valence-corrected chi connectivity index (χ4v) is 2.48. The zero-order valence-corrected chi connectivity index (χ0v) is 14.2. The van der Waals surface area contributed by atoms with Crippen LogP contribution in [0.4, 0.5) is 0 Å². The number of amides is 1. The van der Waals surface area contributed by atoms with Crippen LogP contribution in [0.15, 0.2) is 24.3 Å². The third-order valence-electron chi connectivity index (χ3n) is 3.69. The van der Waals surface area contributed by atoms with Gasteiger partial charge in [0.15, 0.2) is 0 Å². The van der Waals surface area contributed by atoms with Gasteiger partial charge in [-0.05, 0) is 31.4 Å². The summed E-state index contributed by atoms with van der Waals surface area (Å²) in [6.45, 7) is 4.30. The van der Waals surface area contributed by atoms with Crippen molar-refractivity contribution in [2.24, 2.45) is 0 Å². The van der Waals surface area contributed by atoms with Crippen LogP contribution < -0.4 is 5.32 Å². The zero-order valence-electron chi connectivity index (χ0n) is 13.4. The highest BCUT2D eigenvalue weighted by Gasteiger charge is 2.19. The van der Waals surface area contributed by atoms with E-state index in [1.807, 2.05) is 24.3 Å². The Morgan fingerprint density at radius 3 is 3.04 bits per heavy atom. The molecule has 6 heteroatoms. The highest BCUT2D eigenvalue weighted by Crippen LogP contribution is 2.15. The maximum atomic E-state index is 11.9. The Morgan fingerprint density at radius 2 is 2.30 bits per heavy atom. The largest absolute Gasteiger partial charge is 0.376 e. The molecule has 0 saturated carbocycles. The van der Waals surface area contributed by atoms with E-state index in [0.717, 1.165) is 25.0 Å². The number of rotatable bonds is 9. The number of nitrogens with one attached hydrogen (secondary N) is 1. The fraction of sp³-hybridized carbons (Fsp3) is 0.588. The van der Waals surface area contributed by atoms with Gasteiger partial charge in [-0.2, -0.15) is 0 Å². The van der Waals surface area contributed by atoms with E-state index in [-0.39, 0.29) is 12.0 Å². The molecule has 0 aliphatic carbocycles. The summed E-state index contributed by atoms with van der Waals surface area (Å²) in [6.07, 6.45) is 1.72. The number of carbonyl (C=O) groups is 1.